The Hall–Kier alpha value is -1.26. The van der Waals surface area contributed by atoms with Crippen molar-refractivity contribution in [3.05, 3.63) is 0 Å². The number of rotatable bonds is 7. The molecule has 0 aromatic rings. The molecule has 2 aliphatic heterocycles. The number of hydrogen-bond acceptors (Lipinski definition) is 8. The van der Waals surface area contributed by atoms with E-state index in [1.807, 2.05) is 0 Å². The van der Waals surface area contributed by atoms with Gasteiger partial charge < -0.3 is 29.8 Å². The number of hydrogen-bond donors (Lipinski definition) is 2. The van der Waals surface area contributed by atoms with E-state index in [1.54, 1.807) is 13.8 Å². The minimum absolute atomic E-state index is 0.0415. The van der Waals surface area contributed by atoms with Gasteiger partial charge in [0.15, 0.2) is 12.4 Å². The molecule has 2 heterocycles. The van der Waals surface area contributed by atoms with Crippen molar-refractivity contribution < 1.29 is 33.6 Å². The highest BCUT2D eigenvalue weighted by Crippen LogP contribution is 2.89. The van der Waals surface area contributed by atoms with Crippen LogP contribution in [0, 0.1) is 51.2 Å². The molecule has 2 saturated heterocycles. The number of nitrogens with zero attached hydrogens (tertiary/aromatic N) is 1. The Balaban J connectivity index is 1.08. The van der Waals surface area contributed by atoms with Gasteiger partial charge in [-0.2, -0.15) is 0 Å². The van der Waals surface area contributed by atoms with Crippen LogP contribution in [0.5, 0.6) is 0 Å². The molecule has 7 fully saturated rings. The van der Waals surface area contributed by atoms with Crippen molar-refractivity contribution in [2.75, 3.05) is 26.2 Å². The molecule has 9 nitrogen and oxygen atoms in total. The van der Waals surface area contributed by atoms with Crippen molar-refractivity contribution in [3.8, 4) is 0 Å². The van der Waals surface area contributed by atoms with Crippen LogP contribution in [0.4, 0.5) is 0 Å². The van der Waals surface area contributed by atoms with Crippen LogP contribution >= 0.6 is 0 Å². The van der Waals surface area contributed by atoms with Crippen LogP contribution in [0.25, 0.3) is 0 Å². The van der Waals surface area contributed by atoms with Crippen LogP contribution in [0.3, 0.4) is 0 Å². The number of primary amides is 1. The lowest BCUT2D eigenvalue weighted by Crippen LogP contribution is -2.56. The molecule has 1 amide bonds. The molecular formula is C37H60N2O7. The number of ether oxygens (including phenoxy) is 4. The van der Waals surface area contributed by atoms with Crippen molar-refractivity contribution in [2.24, 2.45) is 57.0 Å². The fourth-order valence-corrected chi connectivity index (χ4v) is 13.6. The largest absolute Gasteiger partial charge is 0.457 e. The Morgan fingerprint density at radius 2 is 1.76 bits per heavy atom. The van der Waals surface area contributed by atoms with Crippen molar-refractivity contribution in [1.29, 1.82) is 0 Å². The lowest BCUT2D eigenvalue weighted by molar-refractivity contribution is -0.245. The summed E-state index contributed by atoms with van der Waals surface area (Å²) in [5.41, 5.74) is 5.43. The first-order valence-corrected chi connectivity index (χ1v) is 18.4. The Labute approximate surface area is 276 Å². The number of morpholine rings is 1. The predicted molar refractivity (Wildman–Crippen MR) is 172 cm³/mol. The SMILES string of the molecule is CC(=O)OC(C1CCC2C(CC3C4CCC5C(C)(C)C(OC6CN(CC(N)=O)CCO6)CCC56C(C)C46CCC23C)O1)C(C)(C)O. The average molecular weight is 645 g/mol. The zero-order valence-electron chi connectivity index (χ0n) is 29.4. The van der Waals surface area contributed by atoms with Crippen LogP contribution in [-0.2, 0) is 28.5 Å². The molecule has 2 spiro atoms. The summed E-state index contributed by atoms with van der Waals surface area (Å²) in [6.07, 6.45) is 9.47. The fourth-order valence-electron chi connectivity index (χ4n) is 13.6. The van der Waals surface area contributed by atoms with E-state index in [1.165, 1.54) is 39.0 Å². The molecule has 13 atom stereocenters. The second kappa shape index (κ2) is 11.1. The lowest BCUT2D eigenvalue weighted by Gasteiger charge is -2.60. The second-order valence-corrected chi connectivity index (χ2v) is 18.0. The van der Waals surface area contributed by atoms with E-state index in [4.69, 9.17) is 24.7 Å². The highest BCUT2D eigenvalue weighted by Gasteiger charge is 2.84. The van der Waals surface area contributed by atoms with Gasteiger partial charge in [-0.25, -0.2) is 0 Å². The minimum Gasteiger partial charge on any atom is -0.457 e. The van der Waals surface area contributed by atoms with Gasteiger partial charge in [0.25, 0.3) is 0 Å². The summed E-state index contributed by atoms with van der Waals surface area (Å²) in [6.45, 7) is 17.1. The minimum atomic E-state index is -1.15. The van der Waals surface area contributed by atoms with Gasteiger partial charge in [-0.1, -0.05) is 27.7 Å². The summed E-state index contributed by atoms with van der Waals surface area (Å²) in [5.74, 6) is 2.58. The molecule has 0 aromatic heterocycles. The molecule has 0 radical (unpaired) electrons. The zero-order valence-corrected chi connectivity index (χ0v) is 29.4. The number of fused-ring (bicyclic) bond motifs is 4. The molecule has 5 aliphatic carbocycles. The van der Waals surface area contributed by atoms with Crippen molar-refractivity contribution in [1.82, 2.24) is 4.90 Å². The van der Waals surface area contributed by atoms with Gasteiger partial charge >= 0.3 is 5.97 Å². The Morgan fingerprint density at radius 3 is 2.46 bits per heavy atom. The van der Waals surface area contributed by atoms with Crippen molar-refractivity contribution in [2.45, 2.75) is 143 Å². The van der Waals surface area contributed by atoms with Crippen LogP contribution in [0.1, 0.15) is 106 Å². The van der Waals surface area contributed by atoms with E-state index in [-0.39, 0.29) is 53.9 Å². The standard InChI is InChI=1S/C37H60N2O7/c1-21-36-15-14-35(7)24-8-10-26(32(34(5,6)42)44-22(2)40)45-27(24)18-25(35)23(36)9-11-28-33(3,4)29(12-13-37(21,28)36)46-31-20-39(16-17-43-31)19-30(38)41/h21,23-29,31-32,42H,8-20H2,1-7H3,(H2,38,41). The van der Waals surface area contributed by atoms with Gasteiger partial charge in [0, 0.05) is 13.5 Å². The lowest BCUT2D eigenvalue weighted by atomic mass is 9.46. The number of carbonyl (C=O) groups excluding carboxylic acids is 2. The Morgan fingerprint density at radius 1 is 1.02 bits per heavy atom. The van der Waals surface area contributed by atoms with Crippen LogP contribution in [0.15, 0.2) is 0 Å². The number of nitrogens with two attached hydrogens (primary N) is 1. The molecule has 7 rings (SSSR count). The molecule has 7 aliphatic rings. The first-order chi connectivity index (χ1) is 21.6. The van der Waals surface area contributed by atoms with Gasteiger partial charge in [0.1, 0.15) is 0 Å². The maximum Gasteiger partial charge on any atom is 0.303 e. The predicted octanol–water partition coefficient (Wildman–Crippen LogP) is 4.67. The molecule has 3 N–H and O–H groups in total. The third kappa shape index (κ3) is 4.79. The summed E-state index contributed by atoms with van der Waals surface area (Å²) in [4.78, 5) is 25.6. The van der Waals surface area contributed by atoms with E-state index in [2.05, 4.69) is 32.6 Å². The van der Waals surface area contributed by atoms with Crippen molar-refractivity contribution >= 4 is 11.9 Å². The van der Waals surface area contributed by atoms with Crippen molar-refractivity contribution in [3.63, 3.8) is 0 Å². The molecular weight excluding hydrogens is 584 g/mol. The molecule has 260 valence electrons. The van der Waals surface area contributed by atoms with Gasteiger partial charge in [-0.3, -0.25) is 14.5 Å². The number of aliphatic hydroxyl groups is 1. The summed E-state index contributed by atoms with van der Waals surface area (Å²) < 4.78 is 25.4. The topological polar surface area (TPSA) is 121 Å². The maximum atomic E-state index is 12.0. The average Bonchev–Trinajstić information content (AvgIpc) is 3.34. The van der Waals surface area contributed by atoms with Crippen LogP contribution in [0.2, 0.25) is 0 Å². The summed E-state index contributed by atoms with van der Waals surface area (Å²) in [5, 5.41) is 10.9. The van der Waals surface area contributed by atoms with Crippen LogP contribution in [-0.4, -0.2) is 84.4 Å². The molecule has 5 saturated carbocycles. The van der Waals surface area contributed by atoms with Gasteiger partial charge in [-0.15, -0.1) is 0 Å². The highest BCUT2D eigenvalue weighted by atomic mass is 16.7. The first-order valence-electron chi connectivity index (χ1n) is 18.4. The molecule has 9 heteroatoms. The monoisotopic (exact) mass is 644 g/mol. The van der Waals surface area contributed by atoms with Crippen LogP contribution < -0.4 is 5.73 Å². The zero-order chi connectivity index (χ0) is 33.0. The number of amides is 1. The Kier molecular flexibility index (Phi) is 8.04. The molecule has 13 unspecified atom stereocenters. The smallest absolute Gasteiger partial charge is 0.303 e. The van der Waals surface area contributed by atoms with Gasteiger partial charge in [0.05, 0.1) is 43.6 Å². The van der Waals surface area contributed by atoms with E-state index in [9.17, 15) is 14.7 Å². The summed E-state index contributed by atoms with van der Waals surface area (Å²) >= 11 is 0. The van der Waals surface area contributed by atoms with Gasteiger partial charge in [0.2, 0.25) is 5.91 Å². The third-order valence-corrected chi connectivity index (χ3v) is 15.4. The van der Waals surface area contributed by atoms with E-state index in [0.29, 0.717) is 48.3 Å². The Bertz CT molecular complexity index is 1220. The molecule has 46 heavy (non-hydrogen) atoms. The summed E-state index contributed by atoms with van der Waals surface area (Å²) in [7, 11) is 0. The number of esters is 1. The molecule has 0 bridgehead atoms. The maximum absolute atomic E-state index is 12.0. The summed E-state index contributed by atoms with van der Waals surface area (Å²) in [6, 6.07) is 0. The highest BCUT2D eigenvalue weighted by molar-refractivity contribution is 5.75. The second-order valence-electron chi connectivity index (χ2n) is 18.0. The van der Waals surface area contributed by atoms with E-state index < -0.39 is 11.7 Å². The quantitative estimate of drug-likeness (QED) is 0.384. The van der Waals surface area contributed by atoms with E-state index >= 15 is 0 Å². The molecule has 0 aromatic carbocycles. The number of carbonyl (C=O) groups is 2. The van der Waals surface area contributed by atoms with E-state index in [0.717, 1.165) is 37.5 Å². The first kappa shape index (κ1) is 33.2. The fraction of sp³-hybridized carbons (Fsp3) is 0.946. The normalized spacial score (nSPS) is 48.6. The third-order valence-electron chi connectivity index (χ3n) is 15.4. The van der Waals surface area contributed by atoms with Gasteiger partial charge in [-0.05, 0) is 123 Å².